The minimum Gasteiger partial charge on any atom is -0.445 e. The smallest absolute Gasteiger partial charge is 0.407 e. The largest absolute Gasteiger partial charge is 0.445 e. The number of anilines is 1. The number of nitrogens with one attached hydrogen (secondary N) is 7. The summed E-state index contributed by atoms with van der Waals surface area (Å²) in [5, 5.41) is 28.9. The average Bonchev–Trinajstić information content (AvgIpc) is 3.08. The van der Waals surface area contributed by atoms with Crippen molar-refractivity contribution >= 4 is 35.4 Å². The molecule has 0 bridgehead atoms. The lowest BCUT2D eigenvalue weighted by molar-refractivity contribution is -0.132. The molecule has 0 saturated heterocycles. The third-order valence-corrected chi connectivity index (χ3v) is 7.47. The van der Waals surface area contributed by atoms with Gasteiger partial charge in [-0.25, -0.2) is 4.79 Å². The van der Waals surface area contributed by atoms with Crippen molar-refractivity contribution in [1.29, 1.82) is 0 Å². The van der Waals surface area contributed by atoms with Gasteiger partial charge in [0.15, 0.2) is 6.35 Å². The fourth-order valence-corrected chi connectivity index (χ4v) is 4.70. The first-order valence-electron chi connectivity index (χ1n) is 18.4. The van der Waals surface area contributed by atoms with Crippen LogP contribution in [0.4, 0.5) is 10.5 Å². The lowest BCUT2D eigenvalue weighted by atomic mass is 10.0. The molecule has 0 heterocycles. The standard InChI is InChI=1S/C36H64N8O9/c1-24(2)22-31(46)39-17-19-52-21-20-51-18-13-30(45)44-32(25(3)4)34(48)43-29(8-7-14-40-35(37)49)33(47)42-28-11-9-27(10-12-28)23-53-36(50)41-16-15-38-26(5)6/h9-12,24-26,29,32,35,38,40,49H,7-8,13-23,37H2,1-6H3,(H,39,46)(H,41,50)(H,42,47)(H,43,48)(H,44,45)/t29-,32-,35?/m0/s1. The quantitative estimate of drug-likeness (QED) is 0.0424. The van der Waals surface area contributed by atoms with Gasteiger partial charge in [0, 0.05) is 44.2 Å². The number of hydrogen-bond acceptors (Lipinski definition) is 12. The summed E-state index contributed by atoms with van der Waals surface area (Å²) in [5.41, 5.74) is 6.52. The molecule has 5 amide bonds. The highest BCUT2D eigenvalue weighted by molar-refractivity contribution is 5.98. The Morgan fingerprint density at radius 2 is 1.43 bits per heavy atom. The van der Waals surface area contributed by atoms with E-state index in [1.807, 2.05) is 27.7 Å². The molecule has 1 aromatic carbocycles. The SMILES string of the molecule is CC(C)CC(=O)NCCOCCOCCC(=O)N[C@H](C(=O)N[C@@H](CCCNC(N)O)C(=O)Nc1ccc(COC(=O)NCCNC(C)C)cc1)C(C)C. The van der Waals surface area contributed by atoms with Crippen LogP contribution in [0.3, 0.4) is 0 Å². The highest BCUT2D eigenvalue weighted by Crippen LogP contribution is 2.13. The summed E-state index contributed by atoms with van der Waals surface area (Å²) in [4.78, 5) is 63.1. The lowest BCUT2D eigenvalue weighted by Crippen LogP contribution is -2.54. The second-order valence-electron chi connectivity index (χ2n) is 13.6. The molecule has 1 aromatic rings. The molecule has 53 heavy (non-hydrogen) atoms. The number of carbonyl (C=O) groups is 5. The van der Waals surface area contributed by atoms with Gasteiger partial charge in [0.25, 0.3) is 0 Å². The molecule has 3 atom stereocenters. The van der Waals surface area contributed by atoms with Gasteiger partial charge >= 0.3 is 6.09 Å². The molecule has 0 aliphatic heterocycles. The van der Waals surface area contributed by atoms with E-state index in [9.17, 15) is 29.1 Å². The zero-order chi connectivity index (χ0) is 39.6. The predicted octanol–water partition coefficient (Wildman–Crippen LogP) is 0.665. The summed E-state index contributed by atoms with van der Waals surface area (Å²) in [6, 6.07) is 5.16. The Bertz CT molecular complexity index is 1220. The van der Waals surface area contributed by atoms with Crippen LogP contribution >= 0.6 is 0 Å². The summed E-state index contributed by atoms with van der Waals surface area (Å²) >= 11 is 0. The van der Waals surface area contributed by atoms with E-state index in [-0.39, 0.29) is 62.9 Å². The van der Waals surface area contributed by atoms with Crippen LogP contribution in [0, 0.1) is 11.8 Å². The number of rotatable bonds is 28. The van der Waals surface area contributed by atoms with Gasteiger partial charge in [-0.15, -0.1) is 0 Å². The van der Waals surface area contributed by atoms with Gasteiger partial charge in [-0.3, -0.25) is 30.2 Å². The van der Waals surface area contributed by atoms with E-state index in [1.165, 1.54) is 0 Å². The van der Waals surface area contributed by atoms with E-state index in [2.05, 4.69) is 37.2 Å². The van der Waals surface area contributed by atoms with Crippen LogP contribution in [-0.2, 0) is 40.0 Å². The first-order valence-corrected chi connectivity index (χ1v) is 18.4. The van der Waals surface area contributed by atoms with Crippen molar-refractivity contribution in [3.05, 3.63) is 29.8 Å². The molecule has 0 spiro atoms. The van der Waals surface area contributed by atoms with Crippen molar-refractivity contribution in [2.75, 3.05) is 57.9 Å². The maximum absolute atomic E-state index is 13.4. The third kappa shape index (κ3) is 24.1. The fourth-order valence-electron chi connectivity index (χ4n) is 4.70. The Balaban J connectivity index is 2.63. The molecular formula is C36H64N8O9. The van der Waals surface area contributed by atoms with E-state index in [0.717, 1.165) is 0 Å². The van der Waals surface area contributed by atoms with Crippen LogP contribution in [0.1, 0.15) is 72.8 Å². The van der Waals surface area contributed by atoms with Crippen LogP contribution in [0.15, 0.2) is 24.3 Å². The number of aliphatic hydroxyl groups excluding tert-OH is 1. The number of ether oxygens (including phenoxy) is 3. The van der Waals surface area contributed by atoms with Crippen LogP contribution in [-0.4, -0.2) is 112 Å². The van der Waals surface area contributed by atoms with Crippen molar-refractivity contribution in [3.8, 4) is 0 Å². The Morgan fingerprint density at radius 1 is 0.755 bits per heavy atom. The molecule has 1 unspecified atom stereocenters. The summed E-state index contributed by atoms with van der Waals surface area (Å²) in [7, 11) is 0. The number of alkyl carbamates (subject to hydrolysis) is 1. The van der Waals surface area contributed by atoms with Gasteiger partial charge < -0.3 is 51.2 Å². The van der Waals surface area contributed by atoms with E-state index in [0.29, 0.717) is 63.0 Å². The zero-order valence-electron chi connectivity index (χ0n) is 32.3. The Hall–Kier alpha value is -3.87. The zero-order valence-corrected chi connectivity index (χ0v) is 32.3. The van der Waals surface area contributed by atoms with Crippen LogP contribution < -0.4 is 43.0 Å². The maximum atomic E-state index is 13.4. The lowest BCUT2D eigenvalue weighted by Gasteiger charge is -2.25. The number of benzene rings is 1. The maximum Gasteiger partial charge on any atom is 0.407 e. The molecule has 0 aliphatic rings. The molecule has 17 heteroatoms. The Morgan fingerprint density at radius 3 is 2.06 bits per heavy atom. The number of aliphatic hydroxyl groups is 1. The van der Waals surface area contributed by atoms with E-state index < -0.39 is 36.3 Å². The highest BCUT2D eigenvalue weighted by atomic mass is 16.5. The summed E-state index contributed by atoms with van der Waals surface area (Å²) in [6.45, 7) is 14.4. The highest BCUT2D eigenvalue weighted by Gasteiger charge is 2.29. The Kier molecular flexibility index (Phi) is 24.6. The number of amides is 5. The molecular weight excluding hydrogens is 688 g/mol. The van der Waals surface area contributed by atoms with Gasteiger partial charge in [-0.05, 0) is 48.9 Å². The van der Waals surface area contributed by atoms with Crippen molar-refractivity contribution in [3.63, 3.8) is 0 Å². The molecule has 0 aromatic heterocycles. The second kappa shape index (κ2) is 27.7. The van der Waals surface area contributed by atoms with Gasteiger partial charge in [-0.1, -0.05) is 53.7 Å². The molecule has 10 N–H and O–H groups in total. The van der Waals surface area contributed by atoms with Crippen molar-refractivity contribution < 1.29 is 43.3 Å². The first kappa shape index (κ1) is 47.2. The summed E-state index contributed by atoms with van der Waals surface area (Å²) in [6.07, 6.45) is -0.674. The van der Waals surface area contributed by atoms with Crippen LogP contribution in [0.5, 0.6) is 0 Å². The normalized spacial score (nSPS) is 13.0. The second-order valence-corrected chi connectivity index (χ2v) is 13.6. The summed E-state index contributed by atoms with van der Waals surface area (Å²) < 4.78 is 16.2. The van der Waals surface area contributed by atoms with Crippen molar-refractivity contribution in [2.24, 2.45) is 17.6 Å². The van der Waals surface area contributed by atoms with Crippen molar-refractivity contribution in [1.82, 2.24) is 31.9 Å². The molecule has 0 aliphatic carbocycles. The van der Waals surface area contributed by atoms with Gasteiger partial charge in [0.05, 0.1) is 26.4 Å². The average molecular weight is 753 g/mol. The van der Waals surface area contributed by atoms with E-state index in [1.54, 1.807) is 38.1 Å². The molecule has 0 fully saturated rings. The molecule has 302 valence electrons. The summed E-state index contributed by atoms with van der Waals surface area (Å²) in [5.74, 6) is -1.42. The third-order valence-electron chi connectivity index (χ3n) is 7.47. The van der Waals surface area contributed by atoms with Crippen LogP contribution in [0.25, 0.3) is 0 Å². The van der Waals surface area contributed by atoms with Gasteiger partial charge in [0.1, 0.15) is 18.7 Å². The molecule has 0 saturated carbocycles. The first-order chi connectivity index (χ1) is 25.2. The molecule has 1 rings (SSSR count). The van der Waals surface area contributed by atoms with Crippen LogP contribution in [0.2, 0.25) is 0 Å². The predicted molar refractivity (Wildman–Crippen MR) is 201 cm³/mol. The topological polar surface area (TPSA) is 243 Å². The fraction of sp³-hybridized carbons (Fsp3) is 0.694. The van der Waals surface area contributed by atoms with E-state index >= 15 is 0 Å². The van der Waals surface area contributed by atoms with Crippen molar-refractivity contribution in [2.45, 2.75) is 98.3 Å². The minimum absolute atomic E-state index is 0.0141. The van der Waals surface area contributed by atoms with E-state index in [4.69, 9.17) is 19.9 Å². The van der Waals surface area contributed by atoms with Gasteiger partial charge in [0.2, 0.25) is 23.6 Å². The Labute approximate surface area is 314 Å². The number of nitrogens with two attached hydrogens (primary N) is 1. The molecule has 0 radical (unpaired) electrons. The molecule has 17 nitrogen and oxygen atoms in total. The number of hydrogen-bond donors (Lipinski definition) is 9. The minimum atomic E-state index is -1.22. The monoisotopic (exact) mass is 752 g/mol. The number of carbonyl (C=O) groups excluding carboxylic acids is 5. The van der Waals surface area contributed by atoms with Gasteiger partial charge in [-0.2, -0.15) is 0 Å².